The van der Waals surface area contributed by atoms with Gasteiger partial charge in [-0.1, -0.05) is 0 Å². The van der Waals surface area contributed by atoms with Gasteiger partial charge in [0.15, 0.2) is 0 Å². The number of benzene rings is 1. The van der Waals surface area contributed by atoms with Crippen LogP contribution in [0.1, 0.15) is 29.6 Å². The Morgan fingerprint density at radius 2 is 2.32 bits per heavy atom. The van der Waals surface area contributed by atoms with Gasteiger partial charge in [-0.25, -0.2) is 0 Å². The molecule has 1 atom stereocenters. The van der Waals surface area contributed by atoms with Gasteiger partial charge in [-0.3, -0.25) is 4.79 Å². The molecule has 1 heterocycles. The summed E-state index contributed by atoms with van der Waals surface area (Å²) in [7, 11) is 0. The number of aliphatic hydroxyl groups excluding tert-OH is 1. The second-order valence-corrected chi connectivity index (χ2v) is 7.00. The Morgan fingerprint density at radius 1 is 1.53 bits per heavy atom. The first-order valence-electron chi connectivity index (χ1n) is 6.47. The number of aliphatic hydroxyl groups is 1. The number of halogens is 2. The largest absolute Gasteiger partial charge is 0.396 e. The van der Waals surface area contributed by atoms with E-state index in [4.69, 9.17) is 5.11 Å². The molecule has 0 bridgehead atoms. The average Bonchev–Trinajstić information content (AvgIpc) is 2.41. The molecule has 1 aromatic rings. The molecule has 0 saturated carbocycles. The lowest BCUT2D eigenvalue weighted by Crippen LogP contribution is -2.40. The van der Waals surface area contributed by atoms with Gasteiger partial charge in [0.25, 0.3) is 5.91 Å². The van der Waals surface area contributed by atoms with Crippen LogP contribution in [0.3, 0.4) is 0 Å². The number of hydrogen-bond donors (Lipinski definition) is 1. The Hall–Kier alpha value is -0.140. The van der Waals surface area contributed by atoms with Crippen molar-refractivity contribution in [2.75, 3.05) is 19.7 Å². The fourth-order valence-electron chi connectivity index (χ4n) is 2.50. The van der Waals surface area contributed by atoms with E-state index in [1.165, 1.54) is 0 Å². The van der Waals surface area contributed by atoms with Crippen molar-refractivity contribution in [2.24, 2.45) is 5.92 Å². The monoisotopic (exact) mass is 437 g/mol. The third-order valence-electron chi connectivity index (χ3n) is 3.50. The van der Waals surface area contributed by atoms with E-state index in [9.17, 15) is 4.79 Å². The van der Waals surface area contributed by atoms with Crippen LogP contribution in [-0.4, -0.2) is 35.6 Å². The van der Waals surface area contributed by atoms with Gasteiger partial charge in [0.2, 0.25) is 0 Å². The van der Waals surface area contributed by atoms with E-state index in [0.717, 1.165) is 46.0 Å². The molecule has 19 heavy (non-hydrogen) atoms. The zero-order valence-corrected chi connectivity index (χ0v) is 14.4. The Kier molecular flexibility index (Phi) is 5.65. The fourth-order valence-corrected chi connectivity index (χ4v) is 3.41. The van der Waals surface area contributed by atoms with E-state index < -0.39 is 0 Å². The number of hydrogen-bond acceptors (Lipinski definition) is 2. The molecule has 0 aromatic heterocycles. The SMILES string of the molecule is O=C(c1cc(I)ccc1Br)N1CCCC(CCO)C1. The van der Waals surface area contributed by atoms with E-state index in [1.54, 1.807) is 0 Å². The van der Waals surface area contributed by atoms with Gasteiger partial charge < -0.3 is 10.0 Å². The van der Waals surface area contributed by atoms with Crippen LogP contribution < -0.4 is 0 Å². The Balaban J connectivity index is 2.12. The second kappa shape index (κ2) is 7.04. The van der Waals surface area contributed by atoms with E-state index in [0.29, 0.717) is 5.92 Å². The quantitative estimate of drug-likeness (QED) is 0.737. The standard InChI is InChI=1S/C14H17BrINO2/c15-13-4-3-11(16)8-12(13)14(19)17-6-1-2-10(9-17)5-7-18/h3-4,8,10,18H,1-2,5-7,9H2. The number of amides is 1. The van der Waals surface area contributed by atoms with Crippen LogP contribution >= 0.6 is 38.5 Å². The predicted octanol–water partition coefficient (Wildman–Crippen LogP) is 3.29. The van der Waals surface area contributed by atoms with E-state index in [2.05, 4.69) is 38.5 Å². The first-order valence-corrected chi connectivity index (χ1v) is 8.34. The molecule has 0 radical (unpaired) electrons. The molecule has 1 amide bonds. The maximum absolute atomic E-state index is 12.6. The molecule has 1 saturated heterocycles. The number of nitrogens with zero attached hydrogens (tertiary/aromatic N) is 1. The van der Waals surface area contributed by atoms with Gasteiger partial charge in [0.05, 0.1) is 5.56 Å². The normalized spacial score (nSPS) is 19.5. The third kappa shape index (κ3) is 3.92. The van der Waals surface area contributed by atoms with Crippen molar-refractivity contribution >= 4 is 44.4 Å². The van der Waals surface area contributed by atoms with Crippen LogP contribution in [0.5, 0.6) is 0 Å². The Morgan fingerprint density at radius 3 is 3.05 bits per heavy atom. The van der Waals surface area contributed by atoms with Crippen LogP contribution in [0.2, 0.25) is 0 Å². The molecular formula is C14H17BrINO2. The zero-order chi connectivity index (χ0) is 13.8. The maximum Gasteiger partial charge on any atom is 0.255 e. The van der Waals surface area contributed by atoms with Gasteiger partial charge in [0.1, 0.15) is 0 Å². The highest BCUT2D eigenvalue weighted by molar-refractivity contribution is 14.1. The van der Waals surface area contributed by atoms with E-state index in [-0.39, 0.29) is 12.5 Å². The highest BCUT2D eigenvalue weighted by Crippen LogP contribution is 2.25. The van der Waals surface area contributed by atoms with Crippen LogP contribution in [0.15, 0.2) is 22.7 Å². The number of carbonyl (C=O) groups is 1. The van der Waals surface area contributed by atoms with E-state index in [1.807, 2.05) is 23.1 Å². The molecule has 1 fully saturated rings. The van der Waals surface area contributed by atoms with Crippen molar-refractivity contribution in [3.63, 3.8) is 0 Å². The number of carbonyl (C=O) groups excluding carboxylic acids is 1. The molecule has 2 rings (SSSR count). The molecule has 0 spiro atoms. The van der Waals surface area contributed by atoms with Crippen molar-refractivity contribution in [2.45, 2.75) is 19.3 Å². The summed E-state index contributed by atoms with van der Waals surface area (Å²) in [4.78, 5) is 14.5. The van der Waals surface area contributed by atoms with Crippen molar-refractivity contribution in [3.8, 4) is 0 Å². The van der Waals surface area contributed by atoms with E-state index >= 15 is 0 Å². The molecule has 1 aromatic carbocycles. The maximum atomic E-state index is 12.6. The Labute approximate surface area is 135 Å². The van der Waals surface area contributed by atoms with Crippen molar-refractivity contribution in [3.05, 3.63) is 31.8 Å². The van der Waals surface area contributed by atoms with Gasteiger partial charge in [-0.15, -0.1) is 0 Å². The number of likely N-dealkylation sites (tertiary alicyclic amines) is 1. The average molecular weight is 438 g/mol. The highest BCUT2D eigenvalue weighted by Gasteiger charge is 2.25. The predicted molar refractivity (Wildman–Crippen MR) is 87.2 cm³/mol. The van der Waals surface area contributed by atoms with Gasteiger partial charge in [-0.05, 0) is 81.9 Å². The summed E-state index contributed by atoms with van der Waals surface area (Å²) in [5.74, 6) is 0.525. The summed E-state index contributed by atoms with van der Waals surface area (Å²) in [5, 5.41) is 9.03. The van der Waals surface area contributed by atoms with Crippen LogP contribution in [-0.2, 0) is 0 Å². The summed E-state index contributed by atoms with van der Waals surface area (Å²) in [5.41, 5.74) is 0.733. The summed E-state index contributed by atoms with van der Waals surface area (Å²) < 4.78 is 1.91. The summed E-state index contributed by atoms with van der Waals surface area (Å²) in [6, 6.07) is 5.82. The van der Waals surface area contributed by atoms with Gasteiger partial charge in [-0.2, -0.15) is 0 Å². The number of rotatable bonds is 3. The van der Waals surface area contributed by atoms with Gasteiger partial charge >= 0.3 is 0 Å². The first kappa shape index (κ1) is 15.3. The Bertz CT molecular complexity index is 465. The topological polar surface area (TPSA) is 40.5 Å². The molecular weight excluding hydrogens is 421 g/mol. The number of piperidine rings is 1. The summed E-state index contributed by atoms with van der Waals surface area (Å²) in [6.45, 7) is 1.79. The summed E-state index contributed by atoms with van der Waals surface area (Å²) >= 11 is 5.67. The first-order chi connectivity index (χ1) is 9.11. The molecule has 1 aliphatic rings. The second-order valence-electron chi connectivity index (χ2n) is 4.90. The molecule has 1 aliphatic heterocycles. The van der Waals surface area contributed by atoms with Crippen LogP contribution in [0.4, 0.5) is 0 Å². The summed E-state index contributed by atoms with van der Waals surface area (Å²) in [6.07, 6.45) is 2.92. The molecule has 104 valence electrons. The van der Waals surface area contributed by atoms with Crippen molar-refractivity contribution in [1.82, 2.24) is 4.90 Å². The lowest BCUT2D eigenvalue weighted by Gasteiger charge is -2.32. The van der Waals surface area contributed by atoms with Gasteiger partial charge in [0, 0.05) is 27.7 Å². The van der Waals surface area contributed by atoms with Crippen LogP contribution in [0.25, 0.3) is 0 Å². The molecule has 0 aliphatic carbocycles. The molecule has 1 N–H and O–H groups in total. The molecule has 3 nitrogen and oxygen atoms in total. The lowest BCUT2D eigenvalue weighted by molar-refractivity contribution is 0.0652. The minimum absolute atomic E-state index is 0.0908. The van der Waals surface area contributed by atoms with Crippen molar-refractivity contribution in [1.29, 1.82) is 0 Å². The zero-order valence-electron chi connectivity index (χ0n) is 10.6. The minimum Gasteiger partial charge on any atom is -0.396 e. The van der Waals surface area contributed by atoms with Crippen LogP contribution in [0, 0.1) is 9.49 Å². The molecule has 5 heteroatoms. The van der Waals surface area contributed by atoms with Crippen molar-refractivity contribution < 1.29 is 9.90 Å². The smallest absolute Gasteiger partial charge is 0.255 e. The highest BCUT2D eigenvalue weighted by atomic mass is 127. The third-order valence-corrected chi connectivity index (χ3v) is 4.86. The lowest BCUT2D eigenvalue weighted by atomic mass is 9.94. The minimum atomic E-state index is 0.0908. The molecule has 1 unspecified atom stereocenters. The fraction of sp³-hybridized carbons (Fsp3) is 0.500.